The first kappa shape index (κ1) is 18.9. The van der Waals surface area contributed by atoms with E-state index in [0.717, 1.165) is 0 Å². The van der Waals surface area contributed by atoms with Crippen molar-refractivity contribution in [3.05, 3.63) is 12.2 Å². The average Bonchev–Trinajstić information content (AvgIpc) is 2.32. The molecule has 20 heavy (non-hydrogen) atoms. The van der Waals surface area contributed by atoms with Gasteiger partial charge < -0.3 is 15.0 Å². The van der Waals surface area contributed by atoms with Crippen molar-refractivity contribution in [3.63, 3.8) is 0 Å². The van der Waals surface area contributed by atoms with Crippen LogP contribution in [0.25, 0.3) is 0 Å². The Bertz CT molecular complexity index is 410. The zero-order valence-electron chi connectivity index (χ0n) is 11.8. The predicted octanol–water partition coefficient (Wildman–Crippen LogP) is 0.604. The number of thiol groups is 2. The van der Waals surface area contributed by atoms with Crippen molar-refractivity contribution < 1.29 is 19.1 Å². The number of likely N-dealkylation sites (N-methyl/N-ethyl adjacent to an activating group) is 1. The molecule has 0 aromatic carbocycles. The first-order chi connectivity index (χ1) is 9.09. The molecule has 0 spiro atoms. The maximum atomic E-state index is 11.8. The molecule has 114 valence electrons. The largest absolute Gasteiger partial charge is 0.456 e. The van der Waals surface area contributed by atoms with Crippen LogP contribution >= 0.6 is 25.3 Å². The lowest BCUT2D eigenvalue weighted by Gasteiger charge is -2.31. The SMILES string of the molecule is C=C(C)C(=O)NC(S)(S)CN(CC)C(=O)COC(C)=O. The quantitative estimate of drug-likeness (QED) is 0.278. The molecule has 1 N–H and O–H groups in total. The highest BCUT2D eigenvalue weighted by Gasteiger charge is 2.28. The van der Waals surface area contributed by atoms with Crippen molar-refractivity contribution >= 4 is 43.0 Å². The molecule has 0 rings (SSSR count). The summed E-state index contributed by atoms with van der Waals surface area (Å²) in [6, 6.07) is 0. The molecule has 0 heterocycles. The Labute approximate surface area is 129 Å². The predicted molar refractivity (Wildman–Crippen MR) is 82.5 cm³/mol. The molecule has 0 aromatic rings. The van der Waals surface area contributed by atoms with E-state index in [9.17, 15) is 14.4 Å². The Kier molecular flexibility index (Phi) is 7.74. The van der Waals surface area contributed by atoms with Crippen molar-refractivity contribution in [2.75, 3.05) is 19.7 Å². The third-order valence-electron chi connectivity index (χ3n) is 2.25. The lowest BCUT2D eigenvalue weighted by atomic mass is 10.3. The van der Waals surface area contributed by atoms with Crippen molar-refractivity contribution in [2.45, 2.75) is 25.0 Å². The summed E-state index contributed by atoms with van der Waals surface area (Å²) in [5, 5.41) is 2.53. The minimum atomic E-state index is -1.21. The molecular weight excluding hydrogens is 300 g/mol. The summed E-state index contributed by atoms with van der Waals surface area (Å²) in [7, 11) is 0. The van der Waals surface area contributed by atoms with Gasteiger partial charge in [0, 0.05) is 19.0 Å². The summed E-state index contributed by atoms with van der Waals surface area (Å²) in [6.07, 6.45) is 0. The van der Waals surface area contributed by atoms with Crippen LogP contribution in [0.15, 0.2) is 12.2 Å². The molecule has 0 saturated heterocycles. The fourth-order valence-electron chi connectivity index (χ4n) is 1.23. The average molecular weight is 320 g/mol. The van der Waals surface area contributed by atoms with Gasteiger partial charge in [0.25, 0.3) is 5.91 Å². The Morgan fingerprint density at radius 2 is 1.85 bits per heavy atom. The summed E-state index contributed by atoms with van der Waals surface area (Å²) in [5.74, 6) is -1.33. The number of ether oxygens (including phenoxy) is 1. The number of hydrogen-bond acceptors (Lipinski definition) is 6. The molecule has 0 aliphatic heterocycles. The van der Waals surface area contributed by atoms with Crippen LogP contribution in [0.2, 0.25) is 0 Å². The molecule has 0 fully saturated rings. The number of carbonyl (C=O) groups excluding carboxylic acids is 3. The number of nitrogens with one attached hydrogen (secondary N) is 1. The van der Waals surface area contributed by atoms with Gasteiger partial charge in [0.1, 0.15) is 4.20 Å². The summed E-state index contributed by atoms with van der Waals surface area (Å²) >= 11 is 8.41. The van der Waals surface area contributed by atoms with Gasteiger partial charge in [-0.3, -0.25) is 14.4 Å². The third-order valence-corrected chi connectivity index (χ3v) is 2.75. The van der Waals surface area contributed by atoms with Crippen LogP contribution in [0.1, 0.15) is 20.8 Å². The van der Waals surface area contributed by atoms with Crippen molar-refractivity contribution in [3.8, 4) is 0 Å². The Morgan fingerprint density at radius 3 is 2.25 bits per heavy atom. The normalized spacial score (nSPS) is 10.7. The highest BCUT2D eigenvalue weighted by Crippen LogP contribution is 2.18. The molecule has 0 aromatic heterocycles. The van der Waals surface area contributed by atoms with Gasteiger partial charge in [-0.1, -0.05) is 6.58 Å². The smallest absolute Gasteiger partial charge is 0.303 e. The molecule has 8 heteroatoms. The van der Waals surface area contributed by atoms with Crippen molar-refractivity contribution in [2.24, 2.45) is 0 Å². The third kappa shape index (κ3) is 7.44. The molecule has 0 aliphatic rings. The van der Waals surface area contributed by atoms with Crippen molar-refractivity contribution in [1.29, 1.82) is 0 Å². The number of hydrogen-bond donors (Lipinski definition) is 3. The van der Waals surface area contributed by atoms with Crippen LogP contribution in [-0.4, -0.2) is 46.6 Å². The molecule has 6 nitrogen and oxygen atoms in total. The van der Waals surface area contributed by atoms with E-state index in [2.05, 4.69) is 41.9 Å². The van der Waals surface area contributed by atoms with Gasteiger partial charge in [-0.2, -0.15) is 0 Å². The van der Waals surface area contributed by atoms with Gasteiger partial charge in [0.15, 0.2) is 6.61 Å². The van der Waals surface area contributed by atoms with Gasteiger partial charge in [0.05, 0.1) is 6.54 Å². The van der Waals surface area contributed by atoms with Gasteiger partial charge in [-0.05, 0) is 13.8 Å². The number of carbonyl (C=O) groups is 3. The second-order valence-electron chi connectivity index (χ2n) is 4.24. The molecule has 0 unspecified atom stereocenters. The second kappa shape index (κ2) is 8.21. The van der Waals surface area contributed by atoms with Crippen molar-refractivity contribution in [1.82, 2.24) is 10.2 Å². The van der Waals surface area contributed by atoms with E-state index >= 15 is 0 Å². The first-order valence-corrected chi connectivity index (χ1v) is 6.82. The van der Waals surface area contributed by atoms with Gasteiger partial charge >= 0.3 is 5.97 Å². The van der Waals surface area contributed by atoms with E-state index in [1.165, 1.54) is 11.8 Å². The molecule has 0 radical (unpaired) electrons. The van der Waals surface area contributed by atoms with Crippen LogP contribution in [0.5, 0.6) is 0 Å². The van der Waals surface area contributed by atoms with E-state index in [1.54, 1.807) is 13.8 Å². The summed E-state index contributed by atoms with van der Waals surface area (Å²) in [6.45, 7) is 8.10. The lowest BCUT2D eigenvalue weighted by Crippen LogP contribution is -2.50. The molecule has 0 saturated carbocycles. The summed E-state index contributed by atoms with van der Waals surface area (Å²) in [4.78, 5) is 35.4. The number of amides is 2. The molecule has 0 aliphatic carbocycles. The number of rotatable bonds is 7. The maximum absolute atomic E-state index is 11.8. The fourth-order valence-corrected chi connectivity index (χ4v) is 1.77. The highest BCUT2D eigenvalue weighted by atomic mass is 32.2. The lowest BCUT2D eigenvalue weighted by molar-refractivity contribution is -0.150. The molecule has 0 bridgehead atoms. The summed E-state index contributed by atoms with van der Waals surface area (Å²) in [5.41, 5.74) is 0.312. The summed E-state index contributed by atoms with van der Waals surface area (Å²) < 4.78 is 3.43. The number of esters is 1. The highest BCUT2D eigenvalue weighted by molar-refractivity contribution is 8.00. The van der Waals surface area contributed by atoms with E-state index in [4.69, 9.17) is 0 Å². The minimum Gasteiger partial charge on any atom is -0.456 e. The van der Waals surface area contributed by atoms with Gasteiger partial charge in [-0.15, -0.1) is 25.3 Å². The van der Waals surface area contributed by atoms with E-state index in [-0.39, 0.29) is 19.1 Å². The topological polar surface area (TPSA) is 75.7 Å². The van der Waals surface area contributed by atoms with E-state index in [0.29, 0.717) is 12.1 Å². The standard InChI is InChI=1S/C12H20N2O4S2/c1-5-14(10(16)6-18-9(4)15)7-12(19,20)13-11(17)8(2)3/h19-20H,2,5-7H2,1,3-4H3,(H,13,17). The fraction of sp³-hybridized carbons (Fsp3) is 0.583. The number of nitrogens with zero attached hydrogens (tertiary/aromatic N) is 1. The van der Waals surface area contributed by atoms with Crippen LogP contribution in [-0.2, 0) is 19.1 Å². The van der Waals surface area contributed by atoms with E-state index < -0.39 is 16.1 Å². The minimum absolute atomic E-state index is 0.0504. The van der Waals surface area contributed by atoms with Gasteiger partial charge in [-0.25, -0.2) is 0 Å². The molecular formula is C12H20N2O4S2. The van der Waals surface area contributed by atoms with Crippen LogP contribution in [0, 0.1) is 0 Å². The molecule has 2 amide bonds. The zero-order valence-corrected chi connectivity index (χ0v) is 13.6. The monoisotopic (exact) mass is 320 g/mol. The van der Waals surface area contributed by atoms with Gasteiger partial charge in [0.2, 0.25) is 5.91 Å². The van der Waals surface area contributed by atoms with Crippen LogP contribution < -0.4 is 5.32 Å². The Morgan fingerprint density at radius 1 is 1.30 bits per heavy atom. The Balaban J connectivity index is 4.60. The zero-order chi connectivity index (χ0) is 15.9. The van der Waals surface area contributed by atoms with E-state index in [1.807, 2.05) is 0 Å². The van der Waals surface area contributed by atoms with Crippen LogP contribution in [0.4, 0.5) is 0 Å². The second-order valence-corrected chi connectivity index (χ2v) is 6.12. The Hall–Kier alpha value is -1.15. The first-order valence-electron chi connectivity index (χ1n) is 5.93. The molecule has 0 atom stereocenters. The maximum Gasteiger partial charge on any atom is 0.303 e. The van der Waals surface area contributed by atoms with Crippen LogP contribution in [0.3, 0.4) is 0 Å².